The number of hydrogen-bond acceptors (Lipinski definition) is 6. The molecule has 0 radical (unpaired) electrons. The lowest BCUT2D eigenvalue weighted by Crippen LogP contribution is -2.41. The SMILES string of the molecule is NC(=O)C1=NC2=CN3C=COC3c3ccccc3N2N1. The van der Waals surface area contributed by atoms with Crippen molar-refractivity contribution in [3.63, 3.8) is 0 Å². The zero-order valence-corrected chi connectivity index (χ0v) is 10.4. The van der Waals surface area contributed by atoms with E-state index < -0.39 is 5.91 Å². The van der Waals surface area contributed by atoms with Crippen molar-refractivity contribution in [1.82, 2.24) is 10.3 Å². The second-order valence-corrected chi connectivity index (χ2v) is 4.54. The molecule has 1 aromatic rings. The van der Waals surface area contributed by atoms with Crippen molar-refractivity contribution < 1.29 is 9.53 Å². The smallest absolute Gasteiger partial charge is 0.286 e. The van der Waals surface area contributed by atoms with Gasteiger partial charge in [-0.05, 0) is 6.07 Å². The number of hydrogen-bond donors (Lipinski definition) is 2. The van der Waals surface area contributed by atoms with Gasteiger partial charge in [0.2, 0.25) is 12.1 Å². The van der Waals surface area contributed by atoms with Gasteiger partial charge in [-0.15, -0.1) is 0 Å². The number of nitrogens with one attached hydrogen (secondary N) is 1. The zero-order valence-electron chi connectivity index (χ0n) is 10.4. The van der Waals surface area contributed by atoms with Crippen LogP contribution in [0.15, 0.2) is 53.7 Å². The minimum Gasteiger partial charge on any atom is -0.472 e. The Bertz CT molecular complexity index is 694. The van der Waals surface area contributed by atoms with E-state index in [1.165, 1.54) is 0 Å². The Labute approximate surface area is 114 Å². The quantitative estimate of drug-likeness (QED) is 0.776. The number of benzene rings is 1. The van der Waals surface area contributed by atoms with Gasteiger partial charge in [-0.1, -0.05) is 18.2 Å². The number of nitrogens with zero attached hydrogens (tertiary/aromatic N) is 3. The standard InChI is InChI=1S/C13H11N5O2/c14-11(19)12-15-10-7-17-5-6-20-13(17)8-3-1-2-4-9(8)18(10)16-12/h1-7,13H,(H2,14,19)(H,15,16). The molecule has 0 bridgehead atoms. The number of amides is 1. The fourth-order valence-corrected chi connectivity index (χ4v) is 2.44. The van der Waals surface area contributed by atoms with Crippen LogP contribution in [-0.4, -0.2) is 16.6 Å². The maximum Gasteiger partial charge on any atom is 0.286 e. The number of primary amides is 1. The van der Waals surface area contributed by atoms with Gasteiger partial charge in [0.1, 0.15) is 6.26 Å². The maximum atomic E-state index is 11.3. The Morgan fingerprint density at radius 1 is 1.40 bits per heavy atom. The number of ether oxygens (including phenoxy) is 1. The molecule has 1 atom stereocenters. The molecular formula is C13H11N5O2. The van der Waals surface area contributed by atoms with E-state index in [1.807, 2.05) is 35.4 Å². The third-order valence-corrected chi connectivity index (χ3v) is 3.33. The summed E-state index contributed by atoms with van der Waals surface area (Å²) < 4.78 is 5.61. The number of rotatable bonds is 1. The number of carbonyl (C=O) groups excluding carboxylic acids is 1. The Kier molecular flexibility index (Phi) is 2.06. The first-order chi connectivity index (χ1) is 9.74. The minimum atomic E-state index is -0.596. The number of hydrazine groups is 1. The van der Waals surface area contributed by atoms with Gasteiger partial charge in [0.05, 0.1) is 11.9 Å². The lowest BCUT2D eigenvalue weighted by molar-refractivity contribution is -0.112. The highest BCUT2D eigenvalue weighted by Gasteiger charge is 2.34. The van der Waals surface area contributed by atoms with Crippen molar-refractivity contribution in [3.8, 4) is 0 Å². The summed E-state index contributed by atoms with van der Waals surface area (Å²) in [4.78, 5) is 17.4. The first kappa shape index (κ1) is 10.9. The largest absolute Gasteiger partial charge is 0.472 e. The van der Waals surface area contributed by atoms with Crippen LogP contribution < -0.4 is 16.2 Å². The number of para-hydroxylation sites is 1. The van der Waals surface area contributed by atoms with Crippen LogP contribution in [0, 0.1) is 0 Å². The normalized spacial score (nSPS) is 21.9. The molecule has 7 heteroatoms. The second kappa shape index (κ2) is 3.77. The highest BCUT2D eigenvalue weighted by molar-refractivity contribution is 6.38. The Hall–Kier alpha value is -2.96. The maximum absolute atomic E-state index is 11.3. The van der Waals surface area contributed by atoms with Gasteiger partial charge in [-0.2, -0.15) is 0 Å². The van der Waals surface area contributed by atoms with Crippen LogP contribution in [-0.2, 0) is 9.53 Å². The summed E-state index contributed by atoms with van der Waals surface area (Å²) in [5, 5.41) is 1.73. The molecule has 100 valence electrons. The van der Waals surface area contributed by atoms with E-state index in [4.69, 9.17) is 10.5 Å². The monoisotopic (exact) mass is 269 g/mol. The number of anilines is 1. The van der Waals surface area contributed by atoms with E-state index in [0.717, 1.165) is 11.3 Å². The van der Waals surface area contributed by atoms with Gasteiger partial charge in [0, 0.05) is 11.8 Å². The van der Waals surface area contributed by atoms with Crippen molar-refractivity contribution in [2.45, 2.75) is 6.23 Å². The van der Waals surface area contributed by atoms with Crippen LogP contribution in [0.3, 0.4) is 0 Å². The molecule has 7 nitrogen and oxygen atoms in total. The first-order valence-corrected chi connectivity index (χ1v) is 6.09. The first-order valence-electron chi connectivity index (χ1n) is 6.09. The van der Waals surface area contributed by atoms with E-state index in [1.54, 1.807) is 17.5 Å². The van der Waals surface area contributed by atoms with Crippen LogP contribution in [0.5, 0.6) is 0 Å². The number of fused-ring (bicyclic) bond motifs is 5. The van der Waals surface area contributed by atoms with Gasteiger partial charge >= 0.3 is 0 Å². The van der Waals surface area contributed by atoms with E-state index in [-0.39, 0.29) is 12.1 Å². The molecule has 1 amide bonds. The summed E-state index contributed by atoms with van der Waals surface area (Å²) in [7, 11) is 0. The van der Waals surface area contributed by atoms with E-state index >= 15 is 0 Å². The number of nitrogens with two attached hydrogens (primary N) is 1. The molecule has 0 aromatic heterocycles. The summed E-state index contributed by atoms with van der Waals surface area (Å²) in [5.41, 5.74) is 10.0. The third kappa shape index (κ3) is 1.40. The second-order valence-electron chi connectivity index (χ2n) is 4.54. The average Bonchev–Trinajstić information content (AvgIpc) is 3.04. The molecule has 0 saturated heterocycles. The molecule has 0 aliphatic carbocycles. The van der Waals surface area contributed by atoms with Gasteiger partial charge in [0.15, 0.2) is 5.82 Å². The van der Waals surface area contributed by atoms with Crippen LogP contribution >= 0.6 is 0 Å². The fraction of sp³-hybridized carbons (Fsp3) is 0.0769. The van der Waals surface area contributed by atoms with Crippen molar-refractivity contribution >= 4 is 17.4 Å². The van der Waals surface area contributed by atoms with Gasteiger partial charge in [-0.25, -0.2) is 10.0 Å². The molecule has 3 aliphatic rings. The summed E-state index contributed by atoms with van der Waals surface area (Å²) in [6.07, 6.45) is 5.03. The summed E-state index contributed by atoms with van der Waals surface area (Å²) in [5.74, 6) is 0.110. The summed E-state index contributed by atoms with van der Waals surface area (Å²) in [6, 6.07) is 7.76. The van der Waals surface area contributed by atoms with Crippen molar-refractivity contribution in [3.05, 3.63) is 54.3 Å². The molecule has 3 N–H and O–H groups in total. The fourth-order valence-electron chi connectivity index (χ4n) is 2.44. The van der Waals surface area contributed by atoms with Crippen molar-refractivity contribution in [1.29, 1.82) is 0 Å². The number of amidine groups is 1. The van der Waals surface area contributed by atoms with Gasteiger partial charge < -0.3 is 15.4 Å². The van der Waals surface area contributed by atoms with Gasteiger partial charge in [0.25, 0.3) is 5.91 Å². The summed E-state index contributed by atoms with van der Waals surface area (Å²) >= 11 is 0. The Balaban J connectivity index is 1.88. The topological polar surface area (TPSA) is 83.2 Å². The Morgan fingerprint density at radius 3 is 3.10 bits per heavy atom. The van der Waals surface area contributed by atoms with Crippen molar-refractivity contribution in [2.24, 2.45) is 10.7 Å². The van der Waals surface area contributed by atoms with E-state index in [2.05, 4.69) is 10.4 Å². The van der Waals surface area contributed by atoms with Crippen LogP contribution in [0.2, 0.25) is 0 Å². The highest BCUT2D eigenvalue weighted by atomic mass is 16.5. The van der Waals surface area contributed by atoms with Crippen LogP contribution in [0.25, 0.3) is 0 Å². The lowest BCUT2D eigenvalue weighted by Gasteiger charge is -2.22. The lowest BCUT2D eigenvalue weighted by atomic mass is 10.1. The zero-order chi connectivity index (χ0) is 13.7. The predicted molar refractivity (Wildman–Crippen MR) is 71.6 cm³/mol. The van der Waals surface area contributed by atoms with Crippen LogP contribution in [0.1, 0.15) is 11.8 Å². The highest BCUT2D eigenvalue weighted by Crippen LogP contribution is 2.39. The molecule has 20 heavy (non-hydrogen) atoms. The molecule has 1 unspecified atom stereocenters. The predicted octanol–water partition coefficient (Wildman–Crippen LogP) is 0.509. The molecule has 4 rings (SSSR count). The molecule has 0 spiro atoms. The Morgan fingerprint density at radius 2 is 2.25 bits per heavy atom. The summed E-state index contributed by atoms with van der Waals surface area (Å²) in [6.45, 7) is 0. The molecule has 3 aliphatic heterocycles. The third-order valence-electron chi connectivity index (χ3n) is 3.33. The molecule has 1 aromatic carbocycles. The van der Waals surface area contributed by atoms with Gasteiger partial charge in [-0.3, -0.25) is 10.2 Å². The molecule has 0 saturated carbocycles. The number of carbonyl (C=O) groups is 1. The number of aliphatic imine (C=N–C) groups is 1. The molecule has 3 heterocycles. The minimum absolute atomic E-state index is 0.119. The van der Waals surface area contributed by atoms with Crippen molar-refractivity contribution in [2.75, 3.05) is 5.01 Å². The van der Waals surface area contributed by atoms with Crippen LogP contribution in [0.4, 0.5) is 5.69 Å². The molecular weight excluding hydrogens is 258 g/mol. The van der Waals surface area contributed by atoms with E-state index in [9.17, 15) is 4.79 Å². The average molecular weight is 269 g/mol. The molecule has 0 fully saturated rings. The van der Waals surface area contributed by atoms with E-state index in [0.29, 0.717) is 5.82 Å².